The lowest BCUT2D eigenvalue weighted by Crippen LogP contribution is -1.99. The van der Waals surface area contributed by atoms with E-state index in [2.05, 4.69) is 24.6 Å². The number of hydrogen-bond acceptors (Lipinski definition) is 2. The number of nitrogens with zero attached hydrogens (tertiary/aromatic N) is 1. The highest BCUT2D eigenvalue weighted by Gasteiger charge is 2.10. The summed E-state index contributed by atoms with van der Waals surface area (Å²) in [5, 5.41) is 1.89. The lowest BCUT2D eigenvalue weighted by Gasteiger charge is -2.08. The number of hydrogen-bond donors (Lipinski definition) is 1. The fraction of sp³-hybridized carbons (Fsp3) is 0.333. The minimum Gasteiger partial charge on any atom is -0.345 e. The van der Waals surface area contributed by atoms with Crippen molar-refractivity contribution in [2.75, 3.05) is 0 Å². The molecule has 2 N–H and O–H groups in total. The Morgan fingerprint density at radius 3 is 2.81 bits per heavy atom. The SMILES string of the molecule is CC(C)n1cc(CON)c2ccc(Cl)cc21. The topological polar surface area (TPSA) is 40.2 Å². The molecule has 0 unspecified atom stereocenters. The van der Waals surface area contributed by atoms with Crippen molar-refractivity contribution in [3.63, 3.8) is 0 Å². The van der Waals surface area contributed by atoms with Crippen LogP contribution in [-0.2, 0) is 11.4 Å². The Balaban J connectivity index is 2.66. The van der Waals surface area contributed by atoms with E-state index in [-0.39, 0.29) is 0 Å². The molecule has 1 aromatic heterocycles. The van der Waals surface area contributed by atoms with Gasteiger partial charge in [0, 0.05) is 28.2 Å². The maximum atomic E-state index is 6.01. The van der Waals surface area contributed by atoms with Crippen LogP contribution in [-0.4, -0.2) is 4.57 Å². The molecule has 0 saturated heterocycles. The third-order valence-corrected chi connectivity index (χ3v) is 2.91. The molecule has 1 aromatic carbocycles. The highest BCUT2D eigenvalue weighted by atomic mass is 35.5. The van der Waals surface area contributed by atoms with E-state index in [1.54, 1.807) is 0 Å². The Labute approximate surface area is 99.7 Å². The van der Waals surface area contributed by atoms with Crippen molar-refractivity contribution in [3.8, 4) is 0 Å². The summed E-state index contributed by atoms with van der Waals surface area (Å²) in [6.45, 7) is 4.68. The lowest BCUT2D eigenvalue weighted by atomic mass is 10.2. The zero-order chi connectivity index (χ0) is 11.7. The molecule has 0 radical (unpaired) electrons. The lowest BCUT2D eigenvalue weighted by molar-refractivity contribution is 0.125. The summed E-state index contributed by atoms with van der Waals surface area (Å²) in [5.41, 5.74) is 2.21. The van der Waals surface area contributed by atoms with Gasteiger partial charge in [-0.25, -0.2) is 5.90 Å². The van der Waals surface area contributed by atoms with Crippen molar-refractivity contribution in [3.05, 3.63) is 35.0 Å². The zero-order valence-electron chi connectivity index (χ0n) is 9.40. The van der Waals surface area contributed by atoms with E-state index in [9.17, 15) is 0 Å². The number of benzene rings is 1. The molecule has 0 saturated carbocycles. The van der Waals surface area contributed by atoms with Gasteiger partial charge in [0.05, 0.1) is 12.1 Å². The maximum absolute atomic E-state index is 6.01. The van der Waals surface area contributed by atoms with Crippen LogP contribution in [0.25, 0.3) is 10.9 Å². The molecule has 1 heterocycles. The second-order valence-electron chi connectivity index (χ2n) is 4.13. The molecule has 0 aliphatic rings. The summed E-state index contributed by atoms with van der Waals surface area (Å²) in [6, 6.07) is 6.24. The third kappa shape index (κ3) is 1.94. The number of aromatic nitrogens is 1. The first-order valence-electron chi connectivity index (χ1n) is 5.24. The first kappa shape index (κ1) is 11.5. The average Bonchev–Trinajstić information content (AvgIpc) is 2.57. The van der Waals surface area contributed by atoms with Gasteiger partial charge in [-0.3, -0.25) is 4.84 Å². The van der Waals surface area contributed by atoms with Crippen molar-refractivity contribution in [2.45, 2.75) is 26.5 Å². The summed E-state index contributed by atoms with van der Waals surface area (Å²) in [5.74, 6) is 5.13. The Bertz CT molecular complexity index is 505. The smallest absolute Gasteiger partial charge is 0.0950 e. The van der Waals surface area contributed by atoms with Crippen LogP contribution in [0.5, 0.6) is 0 Å². The second-order valence-corrected chi connectivity index (χ2v) is 4.56. The van der Waals surface area contributed by atoms with Gasteiger partial charge >= 0.3 is 0 Å². The molecule has 0 bridgehead atoms. The molecule has 16 heavy (non-hydrogen) atoms. The number of nitrogens with two attached hydrogens (primary N) is 1. The van der Waals surface area contributed by atoms with Crippen LogP contribution in [0.3, 0.4) is 0 Å². The standard InChI is InChI=1S/C12H15ClN2O/c1-8(2)15-6-9(7-16-14)11-4-3-10(13)5-12(11)15/h3-6,8H,7,14H2,1-2H3. The Kier molecular flexibility index (Phi) is 3.19. The number of rotatable bonds is 3. The fourth-order valence-electron chi connectivity index (χ4n) is 1.93. The van der Waals surface area contributed by atoms with Crippen molar-refractivity contribution >= 4 is 22.5 Å². The van der Waals surface area contributed by atoms with Gasteiger partial charge in [-0.1, -0.05) is 17.7 Å². The minimum atomic E-state index is 0.382. The number of fused-ring (bicyclic) bond motifs is 1. The largest absolute Gasteiger partial charge is 0.345 e. The van der Waals surface area contributed by atoms with E-state index in [4.69, 9.17) is 22.3 Å². The molecular formula is C12H15ClN2O. The van der Waals surface area contributed by atoms with Crippen molar-refractivity contribution in [2.24, 2.45) is 5.90 Å². The second kappa shape index (κ2) is 4.45. The molecule has 2 aromatic rings. The molecule has 2 rings (SSSR count). The highest BCUT2D eigenvalue weighted by molar-refractivity contribution is 6.31. The van der Waals surface area contributed by atoms with Crippen LogP contribution >= 0.6 is 11.6 Å². The summed E-state index contributed by atoms with van der Waals surface area (Å²) < 4.78 is 2.18. The van der Waals surface area contributed by atoms with Crippen LogP contribution in [0.15, 0.2) is 24.4 Å². The summed E-state index contributed by atoms with van der Waals surface area (Å²) >= 11 is 6.01. The minimum absolute atomic E-state index is 0.382. The van der Waals surface area contributed by atoms with Crippen molar-refractivity contribution < 1.29 is 4.84 Å². The molecule has 0 spiro atoms. The Morgan fingerprint density at radius 2 is 2.19 bits per heavy atom. The van der Waals surface area contributed by atoms with Gasteiger partial charge in [0.25, 0.3) is 0 Å². The molecular weight excluding hydrogens is 224 g/mol. The first-order chi connectivity index (χ1) is 7.63. The van der Waals surface area contributed by atoms with Gasteiger partial charge < -0.3 is 4.57 Å². The van der Waals surface area contributed by atoms with Gasteiger partial charge in [0.2, 0.25) is 0 Å². The normalized spacial score (nSPS) is 11.6. The van der Waals surface area contributed by atoms with Gasteiger partial charge in [0.15, 0.2) is 0 Å². The van der Waals surface area contributed by atoms with Crippen LogP contribution in [0.2, 0.25) is 5.02 Å². The van der Waals surface area contributed by atoms with Crippen molar-refractivity contribution in [1.82, 2.24) is 4.57 Å². The average molecular weight is 239 g/mol. The molecule has 0 aliphatic carbocycles. The molecule has 0 atom stereocenters. The molecule has 0 amide bonds. The maximum Gasteiger partial charge on any atom is 0.0950 e. The van der Waals surface area contributed by atoms with E-state index in [1.165, 1.54) is 0 Å². The van der Waals surface area contributed by atoms with E-state index >= 15 is 0 Å². The van der Waals surface area contributed by atoms with E-state index in [0.717, 1.165) is 21.5 Å². The van der Waals surface area contributed by atoms with E-state index < -0.39 is 0 Å². The Hall–Kier alpha value is -1.03. The highest BCUT2D eigenvalue weighted by Crippen LogP contribution is 2.27. The summed E-state index contributed by atoms with van der Waals surface area (Å²) in [6.07, 6.45) is 2.07. The molecule has 4 heteroatoms. The zero-order valence-corrected chi connectivity index (χ0v) is 10.2. The summed E-state index contributed by atoms with van der Waals surface area (Å²) in [7, 11) is 0. The monoisotopic (exact) mass is 238 g/mol. The van der Waals surface area contributed by atoms with Gasteiger partial charge in [-0.05, 0) is 26.0 Å². The quantitative estimate of drug-likeness (QED) is 0.834. The Morgan fingerprint density at radius 1 is 1.44 bits per heavy atom. The predicted octanol–water partition coefficient (Wildman–Crippen LogP) is 3.27. The van der Waals surface area contributed by atoms with Crippen LogP contribution in [0.1, 0.15) is 25.5 Å². The van der Waals surface area contributed by atoms with Crippen molar-refractivity contribution in [1.29, 1.82) is 0 Å². The van der Waals surface area contributed by atoms with Gasteiger partial charge in [-0.2, -0.15) is 0 Å². The molecule has 0 fully saturated rings. The van der Waals surface area contributed by atoms with Crippen LogP contribution < -0.4 is 5.90 Å². The number of halogens is 1. The summed E-state index contributed by atoms with van der Waals surface area (Å²) in [4.78, 5) is 4.71. The molecule has 3 nitrogen and oxygen atoms in total. The predicted molar refractivity (Wildman–Crippen MR) is 66.3 cm³/mol. The fourth-order valence-corrected chi connectivity index (χ4v) is 2.10. The van der Waals surface area contributed by atoms with Crippen LogP contribution in [0, 0.1) is 0 Å². The first-order valence-corrected chi connectivity index (χ1v) is 5.62. The van der Waals surface area contributed by atoms with Gasteiger partial charge in [0.1, 0.15) is 0 Å². The molecule has 0 aliphatic heterocycles. The van der Waals surface area contributed by atoms with Crippen LogP contribution in [0.4, 0.5) is 0 Å². The third-order valence-electron chi connectivity index (χ3n) is 2.67. The van der Waals surface area contributed by atoms with Gasteiger partial charge in [-0.15, -0.1) is 0 Å². The van der Waals surface area contributed by atoms with E-state index in [0.29, 0.717) is 12.6 Å². The molecule has 86 valence electrons. The van der Waals surface area contributed by atoms with E-state index in [1.807, 2.05) is 18.2 Å².